The molecule has 0 saturated carbocycles. The van der Waals surface area contributed by atoms with Crippen molar-refractivity contribution in [3.8, 4) is 11.5 Å². The van der Waals surface area contributed by atoms with E-state index in [1.165, 1.54) is 6.08 Å². The van der Waals surface area contributed by atoms with E-state index in [9.17, 15) is 4.79 Å². The van der Waals surface area contributed by atoms with Gasteiger partial charge in [0.2, 0.25) is 5.91 Å². The lowest BCUT2D eigenvalue weighted by Crippen LogP contribution is -2.36. The lowest BCUT2D eigenvalue weighted by Gasteiger charge is -2.28. The fourth-order valence-corrected chi connectivity index (χ4v) is 3.38. The van der Waals surface area contributed by atoms with Crippen molar-refractivity contribution in [2.45, 2.75) is 20.0 Å². The molecule has 7 heteroatoms. The molecule has 1 amide bonds. The van der Waals surface area contributed by atoms with E-state index >= 15 is 0 Å². The summed E-state index contributed by atoms with van der Waals surface area (Å²) >= 11 is 6.33. The Kier molecular flexibility index (Phi) is 7.60. The van der Waals surface area contributed by atoms with Gasteiger partial charge in [-0.2, -0.15) is 0 Å². The van der Waals surface area contributed by atoms with Gasteiger partial charge in [-0.1, -0.05) is 11.6 Å². The zero-order chi connectivity index (χ0) is 21.5. The molecule has 6 nitrogen and oxygen atoms in total. The first-order chi connectivity index (χ1) is 14.5. The molecule has 0 aromatic heterocycles. The normalized spacial score (nSPS) is 14.2. The molecule has 2 aromatic rings. The standard InChI is InChI=1S/C23H27ClN2O4/c1-16(2)30-23-20(24)14-17(15-21(23)28-3)4-9-22(27)25-18-5-7-19(8-6-18)26-10-12-29-13-11-26/h4-9,14-16H,10-13H2,1-3H3,(H,25,27). The van der Waals surface area contributed by atoms with Gasteiger partial charge in [-0.15, -0.1) is 0 Å². The third kappa shape index (κ3) is 5.90. The Morgan fingerprint density at radius 3 is 2.53 bits per heavy atom. The predicted octanol–water partition coefficient (Wildman–Crippen LogP) is 4.62. The Bertz CT molecular complexity index is 891. The highest BCUT2D eigenvalue weighted by molar-refractivity contribution is 6.32. The van der Waals surface area contributed by atoms with Crippen LogP contribution < -0.4 is 19.7 Å². The smallest absolute Gasteiger partial charge is 0.248 e. The number of nitrogens with one attached hydrogen (secondary N) is 1. The SMILES string of the molecule is COc1cc(C=CC(=O)Nc2ccc(N3CCOCC3)cc2)cc(Cl)c1OC(C)C. The Labute approximate surface area is 182 Å². The summed E-state index contributed by atoms with van der Waals surface area (Å²) in [5.74, 6) is 0.790. The minimum atomic E-state index is -0.230. The monoisotopic (exact) mass is 430 g/mol. The van der Waals surface area contributed by atoms with Crippen LogP contribution in [0, 0.1) is 0 Å². The molecule has 1 aliphatic heterocycles. The van der Waals surface area contributed by atoms with Gasteiger partial charge in [0, 0.05) is 30.5 Å². The molecular weight excluding hydrogens is 404 g/mol. The number of carbonyl (C=O) groups is 1. The fraction of sp³-hybridized carbons (Fsp3) is 0.348. The maximum absolute atomic E-state index is 12.3. The molecule has 1 heterocycles. The predicted molar refractivity (Wildman–Crippen MR) is 121 cm³/mol. The van der Waals surface area contributed by atoms with Crippen LogP contribution >= 0.6 is 11.6 Å². The van der Waals surface area contributed by atoms with Crippen molar-refractivity contribution in [1.29, 1.82) is 0 Å². The van der Waals surface area contributed by atoms with Crippen molar-refractivity contribution < 1.29 is 19.0 Å². The van der Waals surface area contributed by atoms with E-state index in [4.69, 9.17) is 25.8 Å². The molecule has 0 bridgehead atoms. The van der Waals surface area contributed by atoms with Gasteiger partial charge in [0.1, 0.15) is 0 Å². The summed E-state index contributed by atoms with van der Waals surface area (Å²) < 4.78 is 16.5. The van der Waals surface area contributed by atoms with Gasteiger partial charge in [0.05, 0.1) is 31.5 Å². The maximum atomic E-state index is 12.3. The van der Waals surface area contributed by atoms with Crippen molar-refractivity contribution in [3.05, 3.63) is 53.1 Å². The lowest BCUT2D eigenvalue weighted by molar-refractivity contribution is -0.111. The van der Waals surface area contributed by atoms with Gasteiger partial charge in [0.15, 0.2) is 11.5 Å². The Balaban J connectivity index is 1.63. The summed E-state index contributed by atoms with van der Waals surface area (Å²) in [7, 11) is 1.56. The lowest BCUT2D eigenvalue weighted by atomic mass is 10.1. The Morgan fingerprint density at radius 2 is 1.90 bits per heavy atom. The number of nitrogens with zero attached hydrogens (tertiary/aromatic N) is 1. The molecule has 0 unspecified atom stereocenters. The third-order valence-corrected chi connectivity index (χ3v) is 4.82. The van der Waals surface area contributed by atoms with E-state index in [0.29, 0.717) is 16.5 Å². The summed E-state index contributed by atoms with van der Waals surface area (Å²) in [5.41, 5.74) is 2.60. The number of rotatable bonds is 7. The average molecular weight is 431 g/mol. The van der Waals surface area contributed by atoms with Crippen molar-refractivity contribution in [1.82, 2.24) is 0 Å². The number of hydrogen-bond acceptors (Lipinski definition) is 5. The highest BCUT2D eigenvalue weighted by atomic mass is 35.5. The van der Waals surface area contributed by atoms with Gasteiger partial charge in [-0.25, -0.2) is 0 Å². The van der Waals surface area contributed by atoms with Crippen LogP contribution in [0.15, 0.2) is 42.5 Å². The number of ether oxygens (including phenoxy) is 3. The first-order valence-electron chi connectivity index (χ1n) is 9.92. The van der Waals surface area contributed by atoms with E-state index in [1.54, 1.807) is 25.3 Å². The minimum Gasteiger partial charge on any atom is -0.493 e. The number of carbonyl (C=O) groups excluding carboxylic acids is 1. The van der Waals surface area contributed by atoms with E-state index in [0.717, 1.165) is 43.2 Å². The molecule has 0 atom stereocenters. The van der Waals surface area contributed by atoms with E-state index < -0.39 is 0 Å². The molecule has 2 aromatic carbocycles. The third-order valence-electron chi connectivity index (χ3n) is 4.54. The van der Waals surface area contributed by atoms with Crippen molar-refractivity contribution in [2.24, 2.45) is 0 Å². The van der Waals surface area contributed by atoms with Crippen LogP contribution in [0.25, 0.3) is 6.08 Å². The number of benzene rings is 2. The average Bonchev–Trinajstić information content (AvgIpc) is 2.74. The second-order valence-corrected chi connectivity index (χ2v) is 7.58. The first-order valence-corrected chi connectivity index (χ1v) is 10.3. The minimum absolute atomic E-state index is 0.0294. The van der Waals surface area contributed by atoms with Crippen LogP contribution in [-0.4, -0.2) is 45.4 Å². The van der Waals surface area contributed by atoms with Gasteiger partial charge in [-0.3, -0.25) is 4.79 Å². The molecule has 1 aliphatic rings. The maximum Gasteiger partial charge on any atom is 0.248 e. The number of anilines is 2. The fourth-order valence-electron chi connectivity index (χ4n) is 3.12. The van der Waals surface area contributed by atoms with Crippen molar-refractivity contribution in [3.63, 3.8) is 0 Å². The van der Waals surface area contributed by atoms with Crippen molar-refractivity contribution in [2.75, 3.05) is 43.6 Å². The molecule has 1 fully saturated rings. The molecule has 1 saturated heterocycles. The van der Waals surface area contributed by atoms with Crippen LogP contribution in [0.3, 0.4) is 0 Å². The molecular formula is C23H27ClN2O4. The second kappa shape index (κ2) is 10.4. The van der Waals surface area contributed by atoms with Gasteiger partial charge < -0.3 is 24.4 Å². The highest BCUT2D eigenvalue weighted by Crippen LogP contribution is 2.37. The molecule has 0 aliphatic carbocycles. The number of morpholine rings is 1. The van der Waals surface area contributed by atoms with Crippen molar-refractivity contribution >= 4 is 35.0 Å². The van der Waals surface area contributed by atoms with Gasteiger partial charge in [0.25, 0.3) is 0 Å². The Morgan fingerprint density at radius 1 is 1.20 bits per heavy atom. The zero-order valence-electron chi connectivity index (χ0n) is 17.5. The van der Waals surface area contributed by atoms with E-state index in [-0.39, 0.29) is 12.0 Å². The molecule has 3 rings (SSSR count). The number of hydrogen-bond donors (Lipinski definition) is 1. The van der Waals surface area contributed by atoms with Crippen LogP contribution in [0.5, 0.6) is 11.5 Å². The number of amides is 1. The Hall–Kier alpha value is -2.70. The molecule has 0 radical (unpaired) electrons. The van der Waals surface area contributed by atoms with Gasteiger partial charge >= 0.3 is 0 Å². The largest absolute Gasteiger partial charge is 0.493 e. The molecule has 160 valence electrons. The number of halogens is 1. The number of methoxy groups -OCH3 is 1. The molecule has 30 heavy (non-hydrogen) atoms. The highest BCUT2D eigenvalue weighted by Gasteiger charge is 2.13. The van der Waals surface area contributed by atoms with Gasteiger partial charge in [-0.05, 0) is 61.9 Å². The van der Waals surface area contributed by atoms with Crippen LogP contribution in [0.1, 0.15) is 19.4 Å². The summed E-state index contributed by atoms with van der Waals surface area (Å²) in [6.45, 7) is 7.07. The molecule has 1 N–H and O–H groups in total. The molecule has 0 spiro atoms. The first kappa shape index (κ1) is 22.0. The zero-order valence-corrected chi connectivity index (χ0v) is 18.2. The second-order valence-electron chi connectivity index (χ2n) is 7.17. The van der Waals surface area contributed by atoms with E-state index in [1.807, 2.05) is 38.1 Å². The van der Waals surface area contributed by atoms with Crippen LogP contribution in [0.2, 0.25) is 5.02 Å². The van der Waals surface area contributed by atoms with Crippen LogP contribution in [0.4, 0.5) is 11.4 Å². The van der Waals surface area contributed by atoms with Crippen LogP contribution in [-0.2, 0) is 9.53 Å². The summed E-state index contributed by atoms with van der Waals surface area (Å²) in [6, 6.07) is 11.3. The van der Waals surface area contributed by atoms with E-state index in [2.05, 4.69) is 10.2 Å². The summed E-state index contributed by atoms with van der Waals surface area (Å²) in [6.07, 6.45) is 3.12. The summed E-state index contributed by atoms with van der Waals surface area (Å²) in [4.78, 5) is 14.6. The quantitative estimate of drug-likeness (QED) is 0.649. The summed E-state index contributed by atoms with van der Waals surface area (Å²) in [5, 5.41) is 3.30. The topological polar surface area (TPSA) is 60.0 Å².